The third-order valence-electron chi connectivity index (χ3n) is 4.66. The number of carboxylic acid groups (broad SMARTS) is 1. The molecule has 1 aliphatic heterocycles. The predicted octanol–water partition coefficient (Wildman–Crippen LogP) is 5.26. The van der Waals surface area contributed by atoms with Crippen LogP contribution in [0.5, 0.6) is 0 Å². The zero-order valence-electron chi connectivity index (χ0n) is 18.2. The van der Waals surface area contributed by atoms with Crippen LogP contribution in [0.25, 0.3) is 33.4 Å². The molecule has 0 aromatic heterocycles. The highest BCUT2D eigenvalue weighted by molar-refractivity contribution is 6.07. The maximum Gasteiger partial charge on any atom is 0.336 e. The van der Waals surface area contributed by atoms with Crippen LogP contribution in [0.1, 0.15) is 26.9 Å². The molecule has 0 fully saturated rings. The third kappa shape index (κ3) is 3.47. The Morgan fingerprint density at radius 1 is 1.14 bits per heavy atom. The average Bonchev–Trinajstić information content (AvgIpc) is 2.72. The molecule has 2 N–H and O–H groups in total. The summed E-state index contributed by atoms with van der Waals surface area (Å²) in [6.45, 7) is 5.12. The van der Waals surface area contributed by atoms with Crippen molar-refractivity contribution in [3.05, 3.63) is 71.5 Å². The highest BCUT2D eigenvalue weighted by Gasteiger charge is 2.21. The highest BCUT2D eigenvalue weighted by Crippen LogP contribution is 2.41. The second-order valence-electron chi connectivity index (χ2n) is 6.56. The molecule has 0 unspecified atom stereocenters. The summed E-state index contributed by atoms with van der Waals surface area (Å²) < 4.78 is 23.5. The minimum Gasteiger partial charge on any atom is -0.478 e. The summed E-state index contributed by atoms with van der Waals surface area (Å²) in [5.41, 5.74) is 2.70. The fourth-order valence-corrected chi connectivity index (χ4v) is 3.47. The predicted molar refractivity (Wildman–Crippen MR) is 115 cm³/mol. The quantitative estimate of drug-likeness (QED) is 0.458. The number of nitrogens with one attached hydrogen (secondary N) is 1. The number of fused-ring (bicyclic) bond motifs is 2. The molecule has 0 amide bonds. The van der Waals surface area contributed by atoms with Gasteiger partial charge in [-0.15, -0.1) is 0 Å². The van der Waals surface area contributed by atoms with Crippen LogP contribution in [0.4, 0.5) is 5.69 Å². The van der Waals surface area contributed by atoms with E-state index in [1.807, 2.05) is 13.8 Å². The number of carboxylic acids is 1. The Morgan fingerprint density at radius 2 is 1.97 bits per heavy atom. The molecule has 5 nitrogen and oxygen atoms in total. The van der Waals surface area contributed by atoms with Crippen molar-refractivity contribution >= 4 is 22.6 Å². The lowest BCUT2D eigenvalue weighted by atomic mass is 9.90. The molecule has 2 aliphatic rings. The van der Waals surface area contributed by atoms with Crippen LogP contribution in [-0.2, 0) is 0 Å². The largest absolute Gasteiger partial charge is 0.478 e. The van der Waals surface area contributed by atoms with Crippen molar-refractivity contribution in [2.45, 2.75) is 13.8 Å². The summed E-state index contributed by atoms with van der Waals surface area (Å²) in [6.07, 6.45) is 0. The van der Waals surface area contributed by atoms with E-state index in [1.54, 1.807) is 42.5 Å². The van der Waals surface area contributed by atoms with Gasteiger partial charge in [-0.3, -0.25) is 4.99 Å². The van der Waals surface area contributed by atoms with Crippen LogP contribution in [0, 0.1) is 0 Å². The second-order valence-corrected chi connectivity index (χ2v) is 6.56. The van der Waals surface area contributed by atoms with Gasteiger partial charge in [-0.25, -0.2) is 4.79 Å². The maximum absolute atomic E-state index is 12.0. The van der Waals surface area contributed by atoms with Gasteiger partial charge in [0.2, 0.25) is 0 Å². The first-order chi connectivity index (χ1) is 14.9. The van der Waals surface area contributed by atoms with Gasteiger partial charge in [0.05, 0.1) is 13.7 Å². The summed E-state index contributed by atoms with van der Waals surface area (Å²) in [7, 11) is 0. The van der Waals surface area contributed by atoms with E-state index in [4.69, 9.17) is 7.16 Å². The first-order valence-corrected chi connectivity index (χ1v) is 9.53. The lowest BCUT2D eigenvalue weighted by molar-refractivity contribution is 0.0697. The molecular weight excluding hydrogens is 364 g/mol. The minimum absolute atomic E-state index is 0.105. The fraction of sp³-hybridized carbons (Fsp3) is 0.167. The molecule has 0 saturated heterocycles. The Morgan fingerprint density at radius 3 is 2.72 bits per heavy atom. The van der Waals surface area contributed by atoms with Crippen LogP contribution in [0.2, 0.25) is 0 Å². The summed E-state index contributed by atoms with van der Waals surface area (Å²) in [5, 5.41) is 14.1. The molecule has 2 aromatic carbocycles. The van der Waals surface area contributed by atoms with Crippen molar-refractivity contribution in [3.8, 4) is 22.5 Å². The standard InChI is InChI=1S/C24H22N2O3/c1-3-25-15-9-11-19-21(13-15)29-22-14-16(26-4-2)10-12-20(22)23(19)17-7-5-6-8-18(17)24(27)28/h5-14,25H,3-4H2,1-2H3,(H,27,28)/b26-16-/i11D,12D. The van der Waals surface area contributed by atoms with Crippen LogP contribution < -0.4 is 10.7 Å². The Kier molecular flexibility index (Phi) is 4.40. The normalized spacial score (nSPS) is 12.8. The van der Waals surface area contributed by atoms with E-state index in [1.165, 1.54) is 6.07 Å². The lowest BCUT2D eigenvalue weighted by Gasteiger charge is -2.17. The third-order valence-corrected chi connectivity index (χ3v) is 4.66. The summed E-state index contributed by atoms with van der Waals surface area (Å²) in [6, 6.07) is 13.9. The van der Waals surface area contributed by atoms with Gasteiger partial charge in [0.15, 0.2) is 0 Å². The van der Waals surface area contributed by atoms with E-state index in [2.05, 4.69) is 10.3 Å². The Bertz CT molecular complexity index is 1340. The molecular formula is C24H22N2O3. The van der Waals surface area contributed by atoms with Gasteiger partial charge in [0.25, 0.3) is 0 Å². The van der Waals surface area contributed by atoms with Crippen molar-refractivity contribution in [1.29, 1.82) is 0 Å². The molecule has 2 aromatic rings. The summed E-state index contributed by atoms with van der Waals surface area (Å²) in [4.78, 5) is 16.4. The molecule has 0 atom stereocenters. The Hall–Kier alpha value is -3.60. The molecule has 0 bridgehead atoms. The van der Waals surface area contributed by atoms with Gasteiger partial charge in [-0.1, -0.05) is 18.2 Å². The van der Waals surface area contributed by atoms with Crippen molar-refractivity contribution in [3.63, 3.8) is 0 Å². The van der Waals surface area contributed by atoms with Crippen LogP contribution >= 0.6 is 0 Å². The van der Waals surface area contributed by atoms with Crippen molar-refractivity contribution < 1.29 is 17.1 Å². The van der Waals surface area contributed by atoms with E-state index in [0.29, 0.717) is 51.9 Å². The number of nitrogens with zero attached hydrogens (tertiary/aromatic N) is 1. The molecule has 29 heavy (non-hydrogen) atoms. The van der Waals surface area contributed by atoms with Gasteiger partial charge in [0, 0.05) is 47.4 Å². The molecule has 146 valence electrons. The number of hydrogen-bond acceptors (Lipinski definition) is 4. The SMILES string of the molecule is [2H]c1c/c(=N/CC)cc2oc3cc(NCC)cc([2H])c3c(-c3ccccc3C(=O)O)c1-2. The van der Waals surface area contributed by atoms with E-state index < -0.39 is 5.97 Å². The van der Waals surface area contributed by atoms with Gasteiger partial charge in [-0.2, -0.15) is 0 Å². The molecule has 0 saturated carbocycles. The maximum atomic E-state index is 12.0. The number of aromatic carboxylic acids is 1. The van der Waals surface area contributed by atoms with Crippen molar-refractivity contribution in [2.75, 3.05) is 18.4 Å². The number of anilines is 1. The number of carbonyl (C=O) groups is 1. The molecule has 4 rings (SSSR count). The fourth-order valence-electron chi connectivity index (χ4n) is 3.47. The van der Waals surface area contributed by atoms with E-state index >= 15 is 0 Å². The van der Waals surface area contributed by atoms with Crippen molar-refractivity contribution in [2.24, 2.45) is 4.99 Å². The Labute approximate surface area is 171 Å². The zero-order valence-corrected chi connectivity index (χ0v) is 16.2. The molecule has 0 spiro atoms. The average molecular weight is 388 g/mol. The Balaban J connectivity index is 2.23. The minimum atomic E-state index is -1.07. The van der Waals surface area contributed by atoms with Gasteiger partial charge in [-0.05, 0) is 49.7 Å². The van der Waals surface area contributed by atoms with E-state index in [9.17, 15) is 9.90 Å². The second kappa shape index (κ2) is 7.80. The van der Waals surface area contributed by atoms with E-state index in [-0.39, 0.29) is 17.6 Å². The van der Waals surface area contributed by atoms with Crippen LogP contribution in [0.15, 0.2) is 70.0 Å². The monoisotopic (exact) mass is 388 g/mol. The smallest absolute Gasteiger partial charge is 0.336 e. The van der Waals surface area contributed by atoms with Gasteiger partial charge in [0.1, 0.15) is 11.3 Å². The number of hydrogen-bond donors (Lipinski definition) is 2. The first kappa shape index (κ1) is 16.4. The molecule has 1 heterocycles. The van der Waals surface area contributed by atoms with E-state index in [0.717, 1.165) is 5.69 Å². The summed E-state index contributed by atoms with van der Waals surface area (Å²) >= 11 is 0. The highest BCUT2D eigenvalue weighted by atomic mass is 16.4. The zero-order chi connectivity index (χ0) is 22.1. The molecule has 1 aliphatic carbocycles. The number of benzene rings is 3. The summed E-state index contributed by atoms with van der Waals surface area (Å²) in [5.74, 6) is -0.645. The molecule has 5 heteroatoms. The van der Waals surface area contributed by atoms with Crippen LogP contribution in [0.3, 0.4) is 0 Å². The number of rotatable bonds is 5. The van der Waals surface area contributed by atoms with Gasteiger partial charge >= 0.3 is 5.97 Å². The topological polar surface area (TPSA) is 74.8 Å². The lowest BCUT2D eigenvalue weighted by Crippen LogP contribution is -2.05. The van der Waals surface area contributed by atoms with Crippen LogP contribution in [-0.4, -0.2) is 24.2 Å². The molecule has 0 radical (unpaired) electrons. The first-order valence-electron chi connectivity index (χ1n) is 10.5. The van der Waals surface area contributed by atoms with Gasteiger partial charge < -0.3 is 14.8 Å². The van der Waals surface area contributed by atoms with Crippen molar-refractivity contribution in [1.82, 2.24) is 0 Å².